The van der Waals surface area contributed by atoms with Crippen molar-refractivity contribution in [2.45, 2.75) is 46.0 Å². The largest absolute Gasteiger partial charge is 0.383 e. The molecule has 1 saturated carbocycles. The number of aromatic nitrogens is 2. The van der Waals surface area contributed by atoms with E-state index in [9.17, 15) is 0 Å². The van der Waals surface area contributed by atoms with Crippen LogP contribution in [0.15, 0.2) is 30.3 Å². The third-order valence-electron chi connectivity index (χ3n) is 4.40. The number of para-hydroxylation sites is 1. The molecular formula is C17H23N3. The summed E-state index contributed by atoms with van der Waals surface area (Å²) in [5.74, 6) is 1.38. The summed E-state index contributed by atoms with van der Waals surface area (Å²) in [4.78, 5) is 0. The topological polar surface area (TPSA) is 43.8 Å². The summed E-state index contributed by atoms with van der Waals surface area (Å²) >= 11 is 0. The Labute approximate surface area is 120 Å². The molecule has 0 aliphatic heterocycles. The summed E-state index contributed by atoms with van der Waals surface area (Å²) < 4.78 is 1.91. The van der Waals surface area contributed by atoms with E-state index in [1.807, 2.05) is 22.9 Å². The number of nitrogens with two attached hydrogens (primary N) is 1. The average molecular weight is 269 g/mol. The Morgan fingerprint density at radius 3 is 2.50 bits per heavy atom. The van der Waals surface area contributed by atoms with E-state index >= 15 is 0 Å². The maximum atomic E-state index is 6.38. The van der Waals surface area contributed by atoms with E-state index < -0.39 is 0 Å². The van der Waals surface area contributed by atoms with Crippen molar-refractivity contribution in [3.05, 3.63) is 41.6 Å². The highest BCUT2D eigenvalue weighted by molar-refractivity contribution is 5.52. The molecule has 0 bridgehead atoms. The van der Waals surface area contributed by atoms with Crippen LogP contribution in [0.1, 0.15) is 50.8 Å². The molecule has 3 heteroatoms. The number of benzene rings is 1. The van der Waals surface area contributed by atoms with Gasteiger partial charge in [0.15, 0.2) is 0 Å². The van der Waals surface area contributed by atoms with E-state index in [0.717, 1.165) is 24.3 Å². The van der Waals surface area contributed by atoms with Gasteiger partial charge in [0.25, 0.3) is 0 Å². The van der Waals surface area contributed by atoms with Crippen molar-refractivity contribution in [2.75, 3.05) is 5.73 Å². The molecule has 1 aliphatic carbocycles. The van der Waals surface area contributed by atoms with Crippen molar-refractivity contribution in [3.63, 3.8) is 0 Å². The molecule has 20 heavy (non-hydrogen) atoms. The Balaban J connectivity index is 2.07. The van der Waals surface area contributed by atoms with Gasteiger partial charge in [-0.15, -0.1) is 0 Å². The Morgan fingerprint density at radius 2 is 1.95 bits per heavy atom. The van der Waals surface area contributed by atoms with Gasteiger partial charge in [0, 0.05) is 11.5 Å². The van der Waals surface area contributed by atoms with Gasteiger partial charge in [-0.3, -0.25) is 0 Å². The Kier molecular flexibility index (Phi) is 3.08. The first kappa shape index (κ1) is 13.2. The summed E-state index contributed by atoms with van der Waals surface area (Å²) in [6.07, 6.45) is 3.33. The lowest BCUT2D eigenvalue weighted by molar-refractivity contribution is 0.610. The molecule has 1 aliphatic rings. The van der Waals surface area contributed by atoms with Crippen LogP contribution in [0.3, 0.4) is 0 Å². The second-order valence-electron chi connectivity index (χ2n) is 6.49. The van der Waals surface area contributed by atoms with Crippen LogP contribution >= 0.6 is 0 Å². The number of hydrogen-bond acceptors (Lipinski definition) is 2. The molecule has 1 aromatic heterocycles. The molecule has 1 atom stereocenters. The number of anilines is 1. The summed E-state index contributed by atoms with van der Waals surface area (Å²) in [7, 11) is 0. The molecule has 2 N–H and O–H groups in total. The SMILES string of the molecule is CCCc1c(C2CC2(C)C)nn(-c2ccccc2)c1N. The van der Waals surface area contributed by atoms with Gasteiger partial charge in [0.1, 0.15) is 5.82 Å². The molecule has 0 radical (unpaired) electrons. The molecule has 106 valence electrons. The highest BCUT2D eigenvalue weighted by Gasteiger charge is 2.49. The van der Waals surface area contributed by atoms with Crippen LogP contribution in [0.2, 0.25) is 0 Å². The Bertz CT molecular complexity index is 611. The molecule has 1 unspecified atom stereocenters. The first-order valence-corrected chi connectivity index (χ1v) is 7.47. The van der Waals surface area contributed by atoms with Gasteiger partial charge >= 0.3 is 0 Å². The van der Waals surface area contributed by atoms with Crippen LogP contribution < -0.4 is 5.73 Å². The highest BCUT2D eigenvalue weighted by atomic mass is 15.3. The van der Waals surface area contributed by atoms with E-state index in [1.165, 1.54) is 17.7 Å². The zero-order valence-electron chi connectivity index (χ0n) is 12.6. The molecule has 0 spiro atoms. The number of rotatable bonds is 4. The predicted molar refractivity (Wildman–Crippen MR) is 83.1 cm³/mol. The maximum Gasteiger partial charge on any atom is 0.130 e. The second kappa shape index (κ2) is 4.65. The van der Waals surface area contributed by atoms with E-state index in [-0.39, 0.29) is 0 Å². The Morgan fingerprint density at radius 1 is 1.30 bits per heavy atom. The molecule has 1 fully saturated rings. The predicted octanol–water partition coefficient (Wildman–Crippen LogP) is 3.92. The first-order chi connectivity index (χ1) is 9.54. The van der Waals surface area contributed by atoms with E-state index in [1.54, 1.807) is 0 Å². The zero-order valence-corrected chi connectivity index (χ0v) is 12.6. The van der Waals surface area contributed by atoms with Crippen LogP contribution in [0.25, 0.3) is 5.69 Å². The zero-order chi connectivity index (χ0) is 14.3. The van der Waals surface area contributed by atoms with Gasteiger partial charge in [-0.2, -0.15) is 5.10 Å². The fraction of sp³-hybridized carbons (Fsp3) is 0.471. The van der Waals surface area contributed by atoms with Crippen molar-refractivity contribution in [1.29, 1.82) is 0 Å². The van der Waals surface area contributed by atoms with E-state index in [0.29, 0.717) is 11.3 Å². The summed E-state index contributed by atoms with van der Waals surface area (Å²) in [5.41, 5.74) is 10.3. The van der Waals surface area contributed by atoms with Crippen LogP contribution in [0.4, 0.5) is 5.82 Å². The quantitative estimate of drug-likeness (QED) is 0.914. The lowest BCUT2D eigenvalue weighted by Crippen LogP contribution is -2.02. The van der Waals surface area contributed by atoms with Gasteiger partial charge in [-0.25, -0.2) is 4.68 Å². The molecule has 1 aromatic carbocycles. The summed E-state index contributed by atoms with van der Waals surface area (Å²) in [5, 5.41) is 4.85. The Hall–Kier alpha value is -1.77. The molecule has 0 amide bonds. The van der Waals surface area contributed by atoms with Crippen molar-refractivity contribution >= 4 is 5.82 Å². The molecule has 2 aromatic rings. The second-order valence-corrected chi connectivity index (χ2v) is 6.49. The minimum Gasteiger partial charge on any atom is -0.383 e. The van der Waals surface area contributed by atoms with Gasteiger partial charge in [0.2, 0.25) is 0 Å². The van der Waals surface area contributed by atoms with Gasteiger partial charge < -0.3 is 5.73 Å². The van der Waals surface area contributed by atoms with Crippen LogP contribution in [-0.4, -0.2) is 9.78 Å². The summed E-state index contributed by atoms with van der Waals surface area (Å²) in [6.45, 7) is 6.82. The molecule has 3 nitrogen and oxygen atoms in total. The molecule has 1 heterocycles. The monoisotopic (exact) mass is 269 g/mol. The lowest BCUT2D eigenvalue weighted by atomic mass is 10.0. The molecular weight excluding hydrogens is 246 g/mol. The van der Waals surface area contributed by atoms with Crippen molar-refractivity contribution in [2.24, 2.45) is 5.41 Å². The van der Waals surface area contributed by atoms with Crippen LogP contribution in [0, 0.1) is 5.41 Å². The number of nitrogen functional groups attached to an aromatic ring is 1. The van der Waals surface area contributed by atoms with Crippen LogP contribution in [-0.2, 0) is 6.42 Å². The van der Waals surface area contributed by atoms with Gasteiger partial charge in [-0.1, -0.05) is 45.4 Å². The standard InChI is InChI=1S/C17H23N3/c1-4-8-13-15(14-11-17(14,2)3)19-20(16(13)18)12-9-6-5-7-10-12/h5-7,9-10,14H,4,8,11,18H2,1-3H3. The normalized spacial score (nSPS) is 20.1. The third kappa shape index (κ3) is 2.11. The molecule has 0 saturated heterocycles. The average Bonchev–Trinajstić information content (AvgIpc) is 2.94. The maximum absolute atomic E-state index is 6.38. The fourth-order valence-electron chi connectivity index (χ4n) is 2.97. The van der Waals surface area contributed by atoms with E-state index in [4.69, 9.17) is 10.8 Å². The smallest absolute Gasteiger partial charge is 0.130 e. The number of nitrogens with zero attached hydrogens (tertiary/aromatic N) is 2. The van der Waals surface area contributed by atoms with Crippen LogP contribution in [0.5, 0.6) is 0 Å². The van der Waals surface area contributed by atoms with Gasteiger partial charge in [-0.05, 0) is 30.4 Å². The minimum absolute atomic E-state index is 0.380. The van der Waals surface area contributed by atoms with Crippen molar-refractivity contribution < 1.29 is 0 Å². The lowest BCUT2D eigenvalue weighted by Gasteiger charge is -2.04. The third-order valence-corrected chi connectivity index (χ3v) is 4.40. The molecule has 3 rings (SSSR count). The van der Waals surface area contributed by atoms with Crippen molar-refractivity contribution in [3.8, 4) is 5.69 Å². The van der Waals surface area contributed by atoms with Gasteiger partial charge in [0.05, 0.1) is 11.4 Å². The number of hydrogen-bond donors (Lipinski definition) is 1. The van der Waals surface area contributed by atoms with E-state index in [2.05, 4.69) is 32.9 Å². The van der Waals surface area contributed by atoms with Crippen molar-refractivity contribution in [1.82, 2.24) is 9.78 Å². The highest BCUT2D eigenvalue weighted by Crippen LogP contribution is 2.59. The minimum atomic E-state index is 0.380. The fourth-order valence-corrected chi connectivity index (χ4v) is 2.97. The first-order valence-electron chi connectivity index (χ1n) is 7.47. The summed E-state index contributed by atoms with van der Waals surface area (Å²) in [6, 6.07) is 10.2.